The molecule has 0 aliphatic carbocycles. The number of amides is 1. The molecule has 0 fully saturated rings. The summed E-state index contributed by atoms with van der Waals surface area (Å²) in [6.07, 6.45) is -1.14. The van der Waals surface area contributed by atoms with Gasteiger partial charge in [-0.3, -0.25) is 14.5 Å². The molecule has 2 aromatic rings. The van der Waals surface area contributed by atoms with Crippen molar-refractivity contribution in [3.05, 3.63) is 36.0 Å². The van der Waals surface area contributed by atoms with Crippen LogP contribution in [-0.2, 0) is 32.2 Å². The maximum absolute atomic E-state index is 12.8. The van der Waals surface area contributed by atoms with Crippen LogP contribution in [-0.4, -0.2) is 42.3 Å². The highest BCUT2D eigenvalue weighted by Gasteiger charge is 2.36. The van der Waals surface area contributed by atoms with Crippen molar-refractivity contribution in [3.63, 3.8) is 0 Å². The first-order valence-electron chi connectivity index (χ1n) is 7.56. The number of methoxy groups -OCH3 is 2. The molecule has 0 saturated carbocycles. The summed E-state index contributed by atoms with van der Waals surface area (Å²) in [5.74, 6) is 0.241. The van der Waals surface area contributed by atoms with Crippen molar-refractivity contribution in [2.24, 2.45) is 0 Å². The Morgan fingerprint density at radius 2 is 2.12 bits per heavy atom. The molecule has 9 nitrogen and oxygen atoms in total. The molecule has 0 bridgehead atoms. The van der Waals surface area contributed by atoms with Crippen LogP contribution in [0, 0.1) is 0 Å². The van der Waals surface area contributed by atoms with E-state index in [4.69, 9.17) is 14.0 Å². The minimum atomic E-state index is -0.965. The SMILES string of the molecule is COCc1nc(CN2C(=O)[C@H](CC(=O)OC)Oc3ccccc32)no1. The van der Waals surface area contributed by atoms with Gasteiger partial charge in [-0.05, 0) is 12.1 Å². The zero-order valence-corrected chi connectivity index (χ0v) is 13.8. The highest BCUT2D eigenvalue weighted by Crippen LogP contribution is 2.35. The number of hydrogen-bond acceptors (Lipinski definition) is 8. The number of anilines is 1. The molecule has 1 atom stereocenters. The van der Waals surface area contributed by atoms with Crippen molar-refractivity contribution in [2.75, 3.05) is 19.1 Å². The van der Waals surface area contributed by atoms with Crippen LogP contribution in [0.5, 0.6) is 5.75 Å². The Morgan fingerprint density at radius 3 is 2.88 bits per heavy atom. The van der Waals surface area contributed by atoms with Crippen LogP contribution in [0.2, 0.25) is 0 Å². The quantitative estimate of drug-likeness (QED) is 0.715. The number of rotatable bonds is 6. The Hall–Kier alpha value is -2.94. The van der Waals surface area contributed by atoms with E-state index in [2.05, 4.69) is 14.9 Å². The average Bonchev–Trinajstić information content (AvgIpc) is 3.06. The molecule has 0 spiro atoms. The Balaban J connectivity index is 1.86. The van der Waals surface area contributed by atoms with Gasteiger partial charge in [0.2, 0.25) is 0 Å². The van der Waals surface area contributed by atoms with Gasteiger partial charge in [0.1, 0.15) is 12.4 Å². The van der Waals surface area contributed by atoms with E-state index >= 15 is 0 Å². The molecule has 1 aromatic carbocycles. The van der Waals surface area contributed by atoms with Gasteiger partial charge >= 0.3 is 5.97 Å². The predicted octanol–water partition coefficient (Wildman–Crippen LogP) is 1.07. The summed E-state index contributed by atoms with van der Waals surface area (Å²) in [5, 5.41) is 3.85. The van der Waals surface area contributed by atoms with E-state index < -0.39 is 12.1 Å². The molecule has 1 aromatic heterocycles. The number of benzene rings is 1. The lowest BCUT2D eigenvalue weighted by atomic mass is 10.1. The molecule has 0 saturated heterocycles. The van der Waals surface area contributed by atoms with Crippen LogP contribution in [0.3, 0.4) is 0 Å². The van der Waals surface area contributed by atoms with E-state index in [1.807, 2.05) is 0 Å². The second-order valence-electron chi connectivity index (χ2n) is 5.32. The largest absolute Gasteiger partial charge is 0.478 e. The number of hydrogen-bond donors (Lipinski definition) is 0. The van der Waals surface area contributed by atoms with Gasteiger partial charge in [0, 0.05) is 7.11 Å². The lowest BCUT2D eigenvalue weighted by Gasteiger charge is -2.33. The van der Waals surface area contributed by atoms with E-state index in [-0.39, 0.29) is 25.5 Å². The summed E-state index contributed by atoms with van der Waals surface area (Å²) in [7, 11) is 2.78. The van der Waals surface area contributed by atoms with Crippen LogP contribution in [0.4, 0.5) is 5.69 Å². The molecule has 2 heterocycles. The molecule has 0 N–H and O–H groups in total. The summed E-state index contributed by atoms with van der Waals surface area (Å²) in [6.45, 7) is 0.274. The number of aromatic nitrogens is 2. The summed E-state index contributed by atoms with van der Waals surface area (Å²) >= 11 is 0. The number of carbonyl (C=O) groups excluding carboxylic acids is 2. The molecule has 1 aliphatic rings. The van der Waals surface area contributed by atoms with Gasteiger partial charge in [-0.15, -0.1) is 0 Å². The molecular formula is C16H17N3O6. The van der Waals surface area contributed by atoms with Crippen LogP contribution in [0.1, 0.15) is 18.1 Å². The highest BCUT2D eigenvalue weighted by atomic mass is 16.5. The zero-order valence-electron chi connectivity index (χ0n) is 13.8. The van der Waals surface area contributed by atoms with Crippen molar-refractivity contribution in [2.45, 2.75) is 25.7 Å². The van der Waals surface area contributed by atoms with Gasteiger partial charge in [-0.25, -0.2) is 0 Å². The fraction of sp³-hybridized carbons (Fsp3) is 0.375. The van der Waals surface area contributed by atoms with Crippen LogP contribution in [0.25, 0.3) is 0 Å². The maximum atomic E-state index is 12.8. The summed E-state index contributed by atoms with van der Waals surface area (Å²) in [5.41, 5.74) is 0.576. The van der Waals surface area contributed by atoms with Crippen molar-refractivity contribution >= 4 is 17.6 Å². The summed E-state index contributed by atoms with van der Waals surface area (Å²) in [6, 6.07) is 7.05. The average molecular weight is 347 g/mol. The third kappa shape index (κ3) is 3.61. The lowest BCUT2D eigenvalue weighted by molar-refractivity contribution is -0.145. The molecule has 1 aliphatic heterocycles. The summed E-state index contributed by atoms with van der Waals surface area (Å²) < 4.78 is 20.3. The Bertz CT molecular complexity index is 775. The predicted molar refractivity (Wildman–Crippen MR) is 83.7 cm³/mol. The molecule has 0 unspecified atom stereocenters. The van der Waals surface area contributed by atoms with Crippen molar-refractivity contribution in [1.29, 1.82) is 0 Å². The van der Waals surface area contributed by atoms with Gasteiger partial charge in [-0.2, -0.15) is 4.98 Å². The van der Waals surface area contributed by atoms with E-state index in [1.54, 1.807) is 24.3 Å². The highest BCUT2D eigenvalue weighted by molar-refractivity contribution is 6.01. The number of esters is 1. The Morgan fingerprint density at radius 1 is 1.32 bits per heavy atom. The smallest absolute Gasteiger partial charge is 0.309 e. The Labute approximate surface area is 143 Å². The number of ether oxygens (including phenoxy) is 3. The molecule has 9 heteroatoms. The normalized spacial score (nSPS) is 16.3. The van der Waals surface area contributed by atoms with E-state index in [0.717, 1.165) is 0 Å². The number of fused-ring (bicyclic) bond motifs is 1. The first-order chi connectivity index (χ1) is 12.1. The summed E-state index contributed by atoms with van der Waals surface area (Å²) in [4.78, 5) is 30.0. The van der Waals surface area contributed by atoms with Crippen LogP contribution in [0.15, 0.2) is 28.8 Å². The number of para-hydroxylation sites is 2. The van der Waals surface area contributed by atoms with Crippen LogP contribution < -0.4 is 9.64 Å². The van der Waals surface area contributed by atoms with Gasteiger partial charge in [0.25, 0.3) is 11.8 Å². The minimum absolute atomic E-state index is 0.0874. The molecule has 132 valence electrons. The zero-order chi connectivity index (χ0) is 17.8. The molecule has 0 radical (unpaired) electrons. The second-order valence-corrected chi connectivity index (χ2v) is 5.32. The standard InChI is InChI=1S/C16H17N3O6/c1-22-9-14-17-13(18-25-14)8-19-10-5-3-4-6-11(10)24-12(16(19)21)7-15(20)23-2/h3-6,12H,7-9H2,1-2H3/t12-/m0/s1. The first-order valence-corrected chi connectivity index (χ1v) is 7.56. The monoisotopic (exact) mass is 347 g/mol. The number of nitrogens with zero attached hydrogens (tertiary/aromatic N) is 3. The third-order valence-corrected chi connectivity index (χ3v) is 3.62. The number of carbonyl (C=O) groups is 2. The second kappa shape index (κ2) is 7.31. The molecule has 1 amide bonds. The van der Waals surface area contributed by atoms with E-state index in [1.165, 1.54) is 19.1 Å². The lowest BCUT2D eigenvalue weighted by Crippen LogP contribution is -2.46. The Kier molecular flexibility index (Phi) is 4.94. The van der Waals surface area contributed by atoms with E-state index in [0.29, 0.717) is 23.2 Å². The van der Waals surface area contributed by atoms with Crippen molar-refractivity contribution in [1.82, 2.24) is 10.1 Å². The first kappa shape index (κ1) is 16.9. The van der Waals surface area contributed by atoms with Crippen molar-refractivity contribution in [3.8, 4) is 5.75 Å². The molecule has 25 heavy (non-hydrogen) atoms. The van der Waals surface area contributed by atoms with Gasteiger partial charge in [0.15, 0.2) is 11.9 Å². The molecule has 3 rings (SSSR count). The van der Waals surface area contributed by atoms with Crippen LogP contribution >= 0.6 is 0 Å². The fourth-order valence-electron chi connectivity index (χ4n) is 2.48. The van der Waals surface area contributed by atoms with Gasteiger partial charge in [-0.1, -0.05) is 17.3 Å². The van der Waals surface area contributed by atoms with Gasteiger partial charge in [0.05, 0.1) is 25.8 Å². The van der Waals surface area contributed by atoms with E-state index in [9.17, 15) is 9.59 Å². The minimum Gasteiger partial charge on any atom is -0.478 e. The van der Waals surface area contributed by atoms with Gasteiger partial charge < -0.3 is 18.7 Å². The maximum Gasteiger partial charge on any atom is 0.309 e. The topological polar surface area (TPSA) is 104 Å². The fourth-order valence-corrected chi connectivity index (χ4v) is 2.48. The molecular weight excluding hydrogens is 330 g/mol. The van der Waals surface area contributed by atoms with Crippen molar-refractivity contribution < 1.29 is 28.3 Å². The third-order valence-electron chi connectivity index (χ3n) is 3.62.